The number of rotatable bonds is 14. The number of cyclic esters (lactones) is 1. The number of hydrogen-bond acceptors (Lipinski definition) is 16. The van der Waals surface area contributed by atoms with Crippen LogP contribution in [0.5, 0.6) is 0 Å². The van der Waals surface area contributed by atoms with Crippen LogP contribution in [-0.2, 0) is 47.6 Å². The van der Waals surface area contributed by atoms with Gasteiger partial charge in [0.25, 0.3) is 0 Å². The summed E-state index contributed by atoms with van der Waals surface area (Å²) in [5, 5.41) is 53.1. The van der Waals surface area contributed by atoms with Crippen LogP contribution in [0.4, 0.5) is 0 Å². The molecule has 0 aliphatic carbocycles. The Labute approximate surface area is 365 Å². The Balaban J connectivity index is 2.23. The minimum absolute atomic E-state index is 0.0141. The summed E-state index contributed by atoms with van der Waals surface area (Å²) in [4.78, 5) is 34.3. The van der Waals surface area contributed by atoms with Crippen molar-refractivity contribution >= 4 is 17.7 Å². The maximum Gasteiger partial charge on any atom is 0.311 e. The lowest BCUT2D eigenvalue weighted by atomic mass is 9.73. The Bertz CT molecular complexity index is 1410. The lowest BCUT2D eigenvalue weighted by molar-refractivity contribution is -0.318. The number of likely N-dealkylation sites (N-methyl/N-ethyl adjacent to an activating group) is 1. The largest absolute Gasteiger partial charge is 0.459 e. The van der Waals surface area contributed by atoms with Gasteiger partial charge in [0, 0.05) is 44.2 Å². The van der Waals surface area contributed by atoms with E-state index in [-0.39, 0.29) is 31.4 Å². The van der Waals surface area contributed by atoms with Gasteiger partial charge in [-0.3, -0.25) is 9.59 Å². The van der Waals surface area contributed by atoms with Gasteiger partial charge < -0.3 is 63.3 Å². The molecule has 3 aliphatic rings. The third kappa shape index (κ3) is 13.3. The van der Waals surface area contributed by atoms with E-state index in [1.165, 1.54) is 21.0 Å². The van der Waals surface area contributed by atoms with Gasteiger partial charge in [-0.05, 0) is 87.7 Å². The van der Waals surface area contributed by atoms with E-state index in [9.17, 15) is 30.0 Å². The Morgan fingerprint density at radius 2 is 1.57 bits per heavy atom. The van der Waals surface area contributed by atoms with Crippen LogP contribution in [0.2, 0.25) is 0 Å². The zero-order chi connectivity index (χ0) is 46.2. The van der Waals surface area contributed by atoms with Gasteiger partial charge in [-0.1, -0.05) is 52.6 Å². The fraction of sp³-hybridized carbons (Fsp3) is 0.933. The van der Waals surface area contributed by atoms with Crippen molar-refractivity contribution < 1.29 is 68.0 Å². The molecule has 0 amide bonds. The third-order valence-corrected chi connectivity index (χ3v) is 13.4. The van der Waals surface area contributed by atoms with Gasteiger partial charge in [-0.15, -0.1) is 0 Å². The van der Waals surface area contributed by atoms with Crippen LogP contribution in [-0.4, -0.2) is 155 Å². The average Bonchev–Trinajstić information content (AvgIpc) is 3.18. The summed E-state index contributed by atoms with van der Waals surface area (Å²) in [5.41, 5.74) is -4.33. The zero-order valence-corrected chi connectivity index (χ0v) is 39.8. The first-order valence-electron chi connectivity index (χ1n) is 22.6. The van der Waals surface area contributed by atoms with Crippen LogP contribution in [0, 0.1) is 23.7 Å². The topological polar surface area (TPSA) is 204 Å². The van der Waals surface area contributed by atoms with E-state index >= 15 is 0 Å². The number of aliphatic hydroxyl groups excluding tert-OH is 2. The summed E-state index contributed by atoms with van der Waals surface area (Å²) < 4.78 is 43.9. The van der Waals surface area contributed by atoms with Crippen molar-refractivity contribution in [2.75, 3.05) is 27.8 Å². The van der Waals surface area contributed by atoms with Crippen molar-refractivity contribution in [1.82, 2.24) is 4.90 Å². The van der Waals surface area contributed by atoms with Gasteiger partial charge in [0.05, 0.1) is 47.8 Å². The minimum atomic E-state index is -1.94. The molecule has 0 spiro atoms. The van der Waals surface area contributed by atoms with Crippen molar-refractivity contribution in [3.63, 3.8) is 0 Å². The molecular weight excluding hydrogens is 792 g/mol. The number of carbonyl (C=O) groups is 2. The lowest BCUT2D eigenvalue weighted by Gasteiger charge is -2.49. The summed E-state index contributed by atoms with van der Waals surface area (Å²) >= 11 is 0. The predicted octanol–water partition coefficient (Wildman–Crippen LogP) is 4.74. The first kappa shape index (κ1) is 53.3. The maximum atomic E-state index is 14.4. The molecule has 4 N–H and O–H groups in total. The molecule has 16 nitrogen and oxygen atoms in total. The summed E-state index contributed by atoms with van der Waals surface area (Å²) in [5.74, 6) is -4.50. The fourth-order valence-electron chi connectivity index (χ4n) is 9.69. The molecule has 3 heterocycles. The smallest absolute Gasteiger partial charge is 0.311 e. The minimum Gasteiger partial charge on any atom is -0.459 e. The highest BCUT2D eigenvalue weighted by Crippen LogP contribution is 2.41. The first-order valence-corrected chi connectivity index (χ1v) is 22.6. The van der Waals surface area contributed by atoms with Crippen LogP contribution in [0.1, 0.15) is 134 Å². The molecular formula is C45H82N2O14. The molecule has 61 heavy (non-hydrogen) atoms. The second kappa shape index (κ2) is 22.8. The molecule has 0 aromatic carbocycles. The quantitative estimate of drug-likeness (QED) is 0.106. The van der Waals surface area contributed by atoms with Crippen LogP contribution in [0.3, 0.4) is 0 Å². The second-order valence-electron chi connectivity index (χ2n) is 19.1. The van der Waals surface area contributed by atoms with Crippen LogP contribution < -0.4 is 0 Å². The van der Waals surface area contributed by atoms with Gasteiger partial charge in [-0.2, -0.15) is 0 Å². The Morgan fingerprint density at radius 3 is 2.15 bits per heavy atom. The SMILES string of the molecule is CCCCCCO/N=C1\[C@H](C)CC(C)(O)[C@H](O[C@@H]2O[C@H](C)C[C@H](N(C)C)[C@H]2O)[C@@H](C)[C@H](O[C@H]2C[C@@](C)(OC)[C@@H](OC(C)=O)[C@H](C)O2)[C@@H](C)C(=O)O[C@@H](CC)[C@@](C)(O)[C@H](O)[C@@H]1C. The third-order valence-electron chi connectivity index (χ3n) is 13.4. The average molecular weight is 875 g/mol. The highest BCUT2D eigenvalue weighted by molar-refractivity contribution is 5.88. The Hall–Kier alpha value is -1.99. The molecule has 356 valence electrons. The number of esters is 2. The number of unbranched alkanes of at least 4 members (excludes halogenated alkanes) is 3. The molecule has 18 atom stereocenters. The molecule has 0 bridgehead atoms. The van der Waals surface area contributed by atoms with E-state index in [4.69, 9.17) is 38.0 Å². The number of ether oxygens (including phenoxy) is 7. The molecule has 0 aromatic heterocycles. The van der Waals surface area contributed by atoms with E-state index in [1.807, 2.05) is 32.8 Å². The summed E-state index contributed by atoms with van der Waals surface area (Å²) in [6.45, 7) is 21.1. The van der Waals surface area contributed by atoms with E-state index < -0.39 is 108 Å². The van der Waals surface area contributed by atoms with Crippen molar-refractivity contribution in [2.45, 2.75) is 219 Å². The van der Waals surface area contributed by atoms with Crippen molar-refractivity contribution in [3.8, 4) is 0 Å². The molecule has 0 aromatic rings. The van der Waals surface area contributed by atoms with E-state index in [2.05, 4.69) is 12.1 Å². The molecule has 3 rings (SSSR count). The molecule has 3 aliphatic heterocycles. The molecule has 3 fully saturated rings. The first-order chi connectivity index (χ1) is 28.4. The van der Waals surface area contributed by atoms with Crippen molar-refractivity contribution in [3.05, 3.63) is 0 Å². The number of carbonyl (C=O) groups excluding carboxylic acids is 2. The fourth-order valence-corrected chi connectivity index (χ4v) is 9.69. The molecule has 3 saturated heterocycles. The molecule has 0 saturated carbocycles. The summed E-state index contributed by atoms with van der Waals surface area (Å²) in [6.07, 6.45) is -5.28. The molecule has 1 unspecified atom stereocenters. The number of aliphatic hydroxyl groups is 4. The monoisotopic (exact) mass is 875 g/mol. The normalized spacial score (nSPS) is 44.0. The van der Waals surface area contributed by atoms with Gasteiger partial charge in [0.2, 0.25) is 0 Å². The van der Waals surface area contributed by atoms with Crippen molar-refractivity contribution in [1.29, 1.82) is 0 Å². The number of methoxy groups -OCH3 is 1. The molecule has 0 radical (unpaired) electrons. The van der Waals surface area contributed by atoms with E-state index in [1.54, 1.807) is 48.5 Å². The van der Waals surface area contributed by atoms with E-state index in [0.29, 0.717) is 18.7 Å². The van der Waals surface area contributed by atoms with Gasteiger partial charge in [0.1, 0.15) is 30.0 Å². The Morgan fingerprint density at radius 1 is 0.918 bits per heavy atom. The predicted molar refractivity (Wildman–Crippen MR) is 228 cm³/mol. The highest BCUT2D eigenvalue weighted by atomic mass is 16.7. The van der Waals surface area contributed by atoms with Gasteiger partial charge in [0.15, 0.2) is 18.7 Å². The van der Waals surface area contributed by atoms with Crippen LogP contribution >= 0.6 is 0 Å². The summed E-state index contributed by atoms with van der Waals surface area (Å²) in [7, 11) is 5.25. The number of nitrogens with zero attached hydrogens (tertiary/aromatic N) is 2. The zero-order valence-electron chi connectivity index (χ0n) is 39.8. The lowest BCUT2D eigenvalue weighted by Crippen LogP contribution is -2.61. The highest BCUT2D eigenvalue weighted by Gasteiger charge is 2.54. The van der Waals surface area contributed by atoms with E-state index in [0.717, 1.165) is 25.7 Å². The number of oxime groups is 1. The van der Waals surface area contributed by atoms with Gasteiger partial charge >= 0.3 is 11.9 Å². The molecule has 16 heteroatoms. The maximum absolute atomic E-state index is 14.4. The second-order valence-corrected chi connectivity index (χ2v) is 19.1. The number of hydrogen-bond donors (Lipinski definition) is 4. The van der Waals surface area contributed by atoms with Gasteiger partial charge in [-0.25, -0.2) is 0 Å². The van der Waals surface area contributed by atoms with Crippen LogP contribution in [0.15, 0.2) is 5.16 Å². The Kier molecular flexibility index (Phi) is 19.9. The van der Waals surface area contributed by atoms with Crippen LogP contribution in [0.25, 0.3) is 0 Å². The van der Waals surface area contributed by atoms with Crippen molar-refractivity contribution in [2.24, 2.45) is 28.8 Å². The standard InChI is InChI=1S/C45H82N2O14/c1-16-18-19-20-21-55-46-35-25(3)23-43(10,52)39(61-42-36(49)32(47(13)14)22-26(4)56-42)28(6)37(29(7)41(51)59-33(17-2)45(12,53)38(50)27(35)5)60-34-24-44(11,54-15)40(30(8)57-34)58-31(9)48/h25-30,32-34,36-40,42,49-50,52-53H,16-24H2,1-15H3/b46-35+/t25-,26-,27-,28+,29-,30+,32+,33+,34+,36-,37+,38-,39-,40+,42+,43?,44-,45-/m1/s1. The summed E-state index contributed by atoms with van der Waals surface area (Å²) in [6, 6.07) is -0.323.